The van der Waals surface area contributed by atoms with Crippen LogP contribution in [0.4, 0.5) is 5.69 Å². The lowest BCUT2D eigenvalue weighted by Crippen LogP contribution is -2.50. The topological polar surface area (TPSA) is 35.9 Å². The number of carbonyl (C=O) groups is 1. The van der Waals surface area contributed by atoms with Crippen LogP contribution in [-0.2, 0) is 11.2 Å². The maximum atomic E-state index is 12.7. The summed E-state index contributed by atoms with van der Waals surface area (Å²) in [4.78, 5) is 22.2. The number of unbranched alkanes of at least 4 members (excludes halogenated alkanes) is 1. The molecule has 4 nitrogen and oxygen atoms in total. The average Bonchev–Trinajstić information content (AvgIpc) is 3.10. The fourth-order valence-corrected chi connectivity index (χ4v) is 5.62. The Morgan fingerprint density at radius 3 is 2.43 bits per heavy atom. The number of benzene rings is 1. The first-order valence-corrected chi connectivity index (χ1v) is 12.5. The molecular formula is C24H38ClN3OS. The minimum absolute atomic E-state index is 0. The van der Waals surface area contributed by atoms with Crippen molar-refractivity contribution in [1.82, 2.24) is 4.90 Å². The lowest BCUT2D eigenvalue weighted by molar-refractivity contribution is -0.117. The minimum Gasteiger partial charge on any atom is -0.330 e. The summed E-state index contributed by atoms with van der Waals surface area (Å²) in [6.45, 7) is 7.06. The Hall–Kier alpha value is -1.20. The van der Waals surface area contributed by atoms with Crippen LogP contribution in [0.1, 0.15) is 77.7 Å². The Morgan fingerprint density at radius 2 is 1.83 bits per heavy atom. The molecule has 0 spiro atoms. The van der Waals surface area contributed by atoms with E-state index in [9.17, 15) is 4.79 Å². The molecule has 168 valence electrons. The van der Waals surface area contributed by atoms with E-state index in [-0.39, 0.29) is 24.5 Å². The molecule has 1 aromatic carbocycles. The van der Waals surface area contributed by atoms with Gasteiger partial charge >= 0.3 is 0 Å². The molecule has 1 heterocycles. The van der Waals surface area contributed by atoms with Gasteiger partial charge in [-0.15, -0.1) is 12.4 Å². The van der Waals surface area contributed by atoms with Gasteiger partial charge < -0.3 is 4.90 Å². The van der Waals surface area contributed by atoms with Crippen molar-refractivity contribution in [3.05, 3.63) is 29.8 Å². The quantitative estimate of drug-likeness (QED) is 0.466. The molecule has 1 atom stereocenters. The fraction of sp³-hybridized carbons (Fsp3) is 0.667. The van der Waals surface area contributed by atoms with Gasteiger partial charge in [-0.1, -0.05) is 63.4 Å². The predicted octanol–water partition coefficient (Wildman–Crippen LogP) is 6.28. The van der Waals surface area contributed by atoms with E-state index in [1.54, 1.807) is 6.92 Å². The number of rotatable bonds is 8. The van der Waals surface area contributed by atoms with E-state index in [0.717, 1.165) is 36.0 Å². The summed E-state index contributed by atoms with van der Waals surface area (Å²) in [6.07, 6.45) is 11.0. The first-order chi connectivity index (χ1) is 14.1. The van der Waals surface area contributed by atoms with Crippen molar-refractivity contribution in [3.63, 3.8) is 0 Å². The highest BCUT2D eigenvalue weighted by Gasteiger charge is 2.36. The molecule has 0 N–H and O–H groups in total. The van der Waals surface area contributed by atoms with E-state index >= 15 is 0 Å². The second kappa shape index (κ2) is 12.6. The molecule has 2 aliphatic rings. The molecule has 0 bridgehead atoms. The summed E-state index contributed by atoms with van der Waals surface area (Å²) >= 11 is 1.83. The smallest absolute Gasteiger partial charge is 0.225 e. The zero-order valence-electron chi connectivity index (χ0n) is 18.8. The number of carbonyl (C=O) groups excluding carboxylic acids is 1. The first kappa shape index (κ1) is 25.1. The molecule has 1 unspecified atom stereocenters. The molecule has 30 heavy (non-hydrogen) atoms. The number of thioether (sulfide) groups is 1. The standard InChI is InChI=1S/C24H37N3OS.ClH/c1-4-6-10-20-13-15-22(16-14-20)27(19(3)28)23-18-29-24(26(23)17-5-2)25-21-11-8-7-9-12-21;/h13-16,21,23H,4-12,17-18H2,1-3H3;1H. The van der Waals surface area contributed by atoms with Gasteiger partial charge in [0.2, 0.25) is 5.91 Å². The van der Waals surface area contributed by atoms with Crippen LogP contribution in [-0.4, -0.2) is 40.5 Å². The molecular weight excluding hydrogens is 414 g/mol. The average molecular weight is 452 g/mol. The summed E-state index contributed by atoms with van der Waals surface area (Å²) in [5.74, 6) is 1.000. The third kappa shape index (κ3) is 6.40. The third-order valence-electron chi connectivity index (χ3n) is 5.97. The van der Waals surface area contributed by atoms with Crippen molar-refractivity contribution >= 4 is 40.9 Å². The monoisotopic (exact) mass is 451 g/mol. The fourth-order valence-electron chi connectivity index (χ4n) is 4.39. The van der Waals surface area contributed by atoms with Crippen LogP contribution in [0.2, 0.25) is 0 Å². The number of aliphatic imine (C=N–C) groups is 1. The normalized spacial score (nSPS) is 21.0. The SMILES string of the molecule is CCCCc1ccc(N(C(C)=O)C2CSC(=NC3CCCCC3)N2CCC)cc1.Cl. The maximum absolute atomic E-state index is 12.7. The number of amides is 1. The first-order valence-electron chi connectivity index (χ1n) is 11.5. The molecule has 1 aliphatic heterocycles. The Morgan fingerprint density at radius 1 is 1.13 bits per heavy atom. The van der Waals surface area contributed by atoms with Gasteiger partial charge in [-0.05, 0) is 49.8 Å². The lowest BCUT2D eigenvalue weighted by Gasteiger charge is -2.35. The highest BCUT2D eigenvalue weighted by Crippen LogP contribution is 2.32. The van der Waals surface area contributed by atoms with Crippen molar-refractivity contribution < 1.29 is 4.79 Å². The summed E-state index contributed by atoms with van der Waals surface area (Å²) in [5.41, 5.74) is 2.35. The lowest BCUT2D eigenvalue weighted by atomic mass is 9.96. The number of nitrogens with zero attached hydrogens (tertiary/aromatic N) is 3. The van der Waals surface area contributed by atoms with Crippen LogP contribution in [0, 0.1) is 0 Å². The second-order valence-electron chi connectivity index (χ2n) is 8.35. The molecule has 2 fully saturated rings. The van der Waals surface area contributed by atoms with Crippen molar-refractivity contribution in [3.8, 4) is 0 Å². The second-order valence-corrected chi connectivity index (χ2v) is 9.33. The van der Waals surface area contributed by atoms with Crippen LogP contribution >= 0.6 is 24.2 Å². The Labute approximate surface area is 193 Å². The Balaban J connectivity index is 0.00000320. The molecule has 1 amide bonds. The minimum atomic E-state index is 0. The van der Waals surface area contributed by atoms with Crippen LogP contribution < -0.4 is 4.90 Å². The number of hydrogen-bond donors (Lipinski definition) is 0. The Bertz CT molecular complexity index is 688. The van der Waals surface area contributed by atoms with Gasteiger partial charge in [-0.25, -0.2) is 0 Å². The zero-order chi connectivity index (χ0) is 20.6. The van der Waals surface area contributed by atoms with E-state index in [1.807, 2.05) is 16.7 Å². The maximum Gasteiger partial charge on any atom is 0.225 e. The Kier molecular flexibility index (Phi) is 10.5. The van der Waals surface area contributed by atoms with Crippen molar-refractivity contribution in [2.24, 2.45) is 4.99 Å². The summed E-state index contributed by atoms with van der Waals surface area (Å²) in [6, 6.07) is 9.08. The van der Waals surface area contributed by atoms with E-state index < -0.39 is 0 Å². The van der Waals surface area contributed by atoms with E-state index in [1.165, 1.54) is 50.5 Å². The van der Waals surface area contributed by atoms with Crippen molar-refractivity contribution in [2.45, 2.75) is 90.8 Å². The van der Waals surface area contributed by atoms with Crippen LogP contribution in [0.3, 0.4) is 0 Å². The molecule has 0 radical (unpaired) electrons. The van der Waals surface area contributed by atoms with Gasteiger partial charge in [0.25, 0.3) is 0 Å². The third-order valence-corrected chi connectivity index (χ3v) is 7.03. The van der Waals surface area contributed by atoms with Crippen molar-refractivity contribution in [1.29, 1.82) is 0 Å². The van der Waals surface area contributed by atoms with Gasteiger partial charge in [-0.2, -0.15) is 0 Å². The number of hydrogen-bond acceptors (Lipinski definition) is 3. The number of halogens is 1. The van der Waals surface area contributed by atoms with Gasteiger partial charge in [-0.3, -0.25) is 14.7 Å². The van der Waals surface area contributed by atoms with Crippen LogP contribution in [0.25, 0.3) is 0 Å². The molecule has 6 heteroatoms. The van der Waals surface area contributed by atoms with Crippen molar-refractivity contribution in [2.75, 3.05) is 17.2 Å². The summed E-state index contributed by atoms with van der Waals surface area (Å²) in [7, 11) is 0. The zero-order valence-corrected chi connectivity index (χ0v) is 20.4. The summed E-state index contributed by atoms with van der Waals surface area (Å²) in [5, 5.41) is 1.15. The number of aryl methyl sites for hydroxylation is 1. The molecule has 1 saturated carbocycles. The molecule has 1 aromatic rings. The number of anilines is 1. The molecule has 0 aromatic heterocycles. The molecule has 1 aliphatic carbocycles. The van der Waals surface area contributed by atoms with Crippen LogP contribution in [0.5, 0.6) is 0 Å². The highest BCUT2D eigenvalue weighted by molar-refractivity contribution is 8.14. The largest absolute Gasteiger partial charge is 0.330 e. The van der Waals surface area contributed by atoms with Gasteiger partial charge in [0.05, 0.1) is 6.04 Å². The van der Waals surface area contributed by atoms with Crippen LogP contribution in [0.15, 0.2) is 29.3 Å². The van der Waals surface area contributed by atoms with E-state index in [2.05, 4.69) is 43.0 Å². The molecule has 1 saturated heterocycles. The van der Waals surface area contributed by atoms with Gasteiger partial charge in [0, 0.05) is 24.9 Å². The predicted molar refractivity (Wildman–Crippen MR) is 133 cm³/mol. The van der Waals surface area contributed by atoms with E-state index in [4.69, 9.17) is 4.99 Å². The highest BCUT2D eigenvalue weighted by atomic mass is 35.5. The van der Waals surface area contributed by atoms with Gasteiger partial charge in [0.15, 0.2) is 5.17 Å². The van der Waals surface area contributed by atoms with Gasteiger partial charge in [0.1, 0.15) is 6.17 Å². The summed E-state index contributed by atoms with van der Waals surface area (Å²) < 4.78 is 0. The molecule has 3 rings (SSSR count). The van der Waals surface area contributed by atoms with E-state index in [0.29, 0.717) is 6.04 Å². The number of amidine groups is 1.